The molecule has 0 unspecified atom stereocenters. The number of nitro benzene ring substituents is 1. The summed E-state index contributed by atoms with van der Waals surface area (Å²) < 4.78 is 24.4. The van der Waals surface area contributed by atoms with Gasteiger partial charge in [0.15, 0.2) is 11.2 Å². The van der Waals surface area contributed by atoms with Crippen LogP contribution < -0.4 is 41.9 Å². The Bertz CT molecular complexity index is 3540. The molecule has 4 aromatic carbocycles. The summed E-state index contributed by atoms with van der Waals surface area (Å²) in [4.78, 5) is 55.6. The summed E-state index contributed by atoms with van der Waals surface area (Å²) in [5.74, 6) is -1.88. The van der Waals surface area contributed by atoms with Crippen molar-refractivity contribution in [1.29, 1.82) is 0 Å². The van der Waals surface area contributed by atoms with Crippen molar-refractivity contribution in [2.75, 3.05) is 52.6 Å². The molecule has 4 aromatic heterocycles. The number of aromatic nitrogens is 4. The second kappa shape index (κ2) is 24.0. The molecular formula is C52H56N12O11+4. The zero-order chi connectivity index (χ0) is 53.0. The molecule has 0 spiro atoms. The Hall–Kier alpha value is -9.16. The first-order valence-electron chi connectivity index (χ1n) is 24.1. The Morgan fingerprint density at radius 3 is 1.08 bits per heavy atom. The summed E-state index contributed by atoms with van der Waals surface area (Å²) >= 11 is 0. The van der Waals surface area contributed by atoms with Crippen molar-refractivity contribution in [2.24, 2.45) is 15.0 Å². The van der Waals surface area contributed by atoms with Crippen molar-refractivity contribution in [3.05, 3.63) is 130 Å². The third kappa shape index (κ3) is 11.9. The second-order valence-electron chi connectivity index (χ2n) is 16.8. The molecule has 0 aliphatic carbocycles. The number of aliphatic hydroxyl groups excluding tert-OH is 3. The molecular weight excluding hydrogens is 969 g/mol. The van der Waals surface area contributed by atoms with Gasteiger partial charge in [-0.1, -0.05) is 24.3 Å². The van der Waals surface area contributed by atoms with Crippen molar-refractivity contribution in [3.63, 3.8) is 0 Å². The van der Waals surface area contributed by atoms with Crippen molar-refractivity contribution < 1.29 is 72.0 Å². The lowest BCUT2D eigenvalue weighted by molar-refractivity contribution is -0.383. The van der Waals surface area contributed by atoms with E-state index in [1.165, 1.54) is 36.4 Å². The van der Waals surface area contributed by atoms with Gasteiger partial charge in [0, 0.05) is 77.6 Å². The number of non-ortho nitro benzene ring substituents is 1. The molecule has 8 aromatic rings. The third-order valence-corrected chi connectivity index (χ3v) is 11.5. The molecule has 0 bridgehead atoms. The van der Waals surface area contributed by atoms with Crippen LogP contribution in [0.25, 0.3) is 43.6 Å². The Labute approximate surface area is 427 Å². The minimum Gasteiger partial charge on any atom is -0.493 e. The van der Waals surface area contributed by atoms with E-state index >= 15 is 0 Å². The smallest absolute Gasteiger partial charge is 0.354 e. The first-order chi connectivity index (χ1) is 36.4. The van der Waals surface area contributed by atoms with Crippen LogP contribution in [-0.4, -0.2) is 122 Å². The summed E-state index contributed by atoms with van der Waals surface area (Å²) in [6.07, 6.45) is 2.45. The predicted molar refractivity (Wildman–Crippen MR) is 279 cm³/mol. The van der Waals surface area contributed by atoms with Gasteiger partial charge in [0.25, 0.3) is 5.69 Å². The fraction of sp³-hybridized carbons (Fsp3) is 0.231. The number of carbonyl (C=O) groups is 1. The Balaban J connectivity index is 1.24. The fourth-order valence-electron chi connectivity index (χ4n) is 7.81. The average Bonchev–Trinajstić information content (AvgIpc) is 3.41. The zero-order valence-corrected chi connectivity index (χ0v) is 40.8. The van der Waals surface area contributed by atoms with E-state index in [1.54, 1.807) is 60.7 Å². The number of nitro groups is 1. The van der Waals surface area contributed by atoms with Crippen LogP contribution in [0.4, 0.5) is 22.7 Å². The summed E-state index contributed by atoms with van der Waals surface area (Å²) in [7, 11) is 0. The van der Waals surface area contributed by atoms with Gasteiger partial charge in [0.2, 0.25) is 17.7 Å². The number of pyridine rings is 4. The van der Waals surface area contributed by atoms with Gasteiger partial charge < -0.3 is 62.3 Å². The second-order valence-corrected chi connectivity index (χ2v) is 16.8. The van der Waals surface area contributed by atoms with Crippen molar-refractivity contribution in [3.8, 4) is 23.0 Å². The summed E-state index contributed by atoms with van der Waals surface area (Å²) in [5, 5.41) is 59.1. The number of aliphatic imine (C=N–C) groups is 3. The summed E-state index contributed by atoms with van der Waals surface area (Å²) in [6.45, 7) is 3.45. The van der Waals surface area contributed by atoms with Gasteiger partial charge in [0.05, 0.1) is 74.6 Å². The minimum absolute atomic E-state index is 0.0137. The number of nitrogens with zero attached hydrogens (tertiary/aromatic N) is 8. The predicted octanol–water partition coefficient (Wildman–Crippen LogP) is 4.44. The van der Waals surface area contributed by atoms with Crippen LogP contribution in [0.3, 0.4) is 0 Å². The van der Waals surface area contributed by atoms with Crippen molar-refractivity contribution in [2.45, 2.75) is 25.7 Å². The highest BCUT2D eigenvalue weighted by atomic mass is 16.6. The van der Waals surface area contributed by atoms with Crippen LogP contribution in [0.15, 0.2) is 112 Å². The van der Waals surface area contributed by atoms with Gasteiger partial charge in [-0.3, -0.25) is 10.1 Å². The molecule has 0 atom stereocenters. The van der Waals surface area contributed by atoms with E-state index in [0.717, 1.165) is 0 Å². The van der Waals surface area contributed by atoms with Crippen molar-refractivity contribution >= 4 is 90.0 Å². The van der Waals surface area contributed by atoms with Gasteiger partial charge in [0.1, 0.15) is 56.6 Å². The maximum absolute atomic E-state index is 12.2. The quantitative estimate of drug-likeness (QED) is 0.0136. The van der Waals surface area contributed by atoms with Gasteiger partial charge in [-0.15, -0.1) is 0 Å². The zero-order valence-electron chi connectivity index (χ0n) is 40.8. The van der Waals surface area contributed by atoms with E-state index in [2.05, 4.69) is 47.9 Å². The van der Waals surface area contributed by atoms with E-state index in [4.69, 9.17) is 28.9 Å². The van der Waals surface area contributed by atoms with Crippen LogP contribution in [-0.2, 0) is 0 Å². The lowest BCUT2D eigenvalue weighted by atomic mass is 10.1. The number of carboxylic acids is 1. The standard InChI is InChI=1S/C52H52N12O11/c53-17-5-21-72-41-25-36(57-46-30(41)10-2-14-34(46)62-51(67)38-27-43(74-23-7-19-55)32-12-4-16-40(64(70)71)48(32)59-38)49(65)61-33-13-1-9-29-42(73-22-6-18-54)26-37(58-45(29)33)50(66)63-35-15-3-11-31-44(75-24-8-20-56)28-39(52(68)69)60-47(31)35/h1-4,9-16,25-28H,5-8,17-24,53-56H2,(H,61,65)(H,62,67)(H,63,66)(H,68,69)/p+4. The van der Waals surface area contributed by atoms with Crippen molar-refractivity contribution in [1.82, 2.24) is 19.9 Å². The lowest BCUT2D eigenvalue weighted by Crippen LogP contribution is -2.50. The summed E-state index contributed by atoms with van der Waals surface area (Å²) in [6, 6.07) is 25.3. The van der Waals surface area contributed by atoms with Gasteiger partial charge in [-0.2, -0.15) is 0 Å². The number of hydrogen-bond acceptors (Lipinski definition) is 14. The number of quaternary nitrogens is 4. The van der Waals surface area contributed by atoms with Gasteiger partial charge in [-0.05, 0) is 42.5 Å². The number of hydrogen-bond donors (Lipinski definition) is 8. The molecule has 0 amide bonds. The highest BCUT2D eigenvalue weighted by Gasteiger charge is 2.22. The lowest BCUT2D eigenvalue weighted by Gasteiger charge is -2.13. The normalized spacial score (nSPS) is 12.2. The number of benzene rings is 4. The number of carboxylic acid groups (broad SMARTS) is 1. The van der Waals surface area contributed by atoms with Gasteiger partial charge >= 0.3 is 5.97 Å². The number of aliphatic hydroxyl groups is 3. The number of rotatable bonds is 24. The number of para-hydroxylation sites is 4. The first-order valence-corrected chi connectivity index (χ1v) is 24.1. The molecule has 0 radical (unpaired) electrons. The molecule has 0 aliphatic heterocycles. The third-order valence-electron chi connectivity index (χ3n) is 11.5. The highest BCUT2D eigenvalue weighted by molar-refractivity contribution is 6.06. The van der Waals surface area contributed by atoms with E-state index in [1.807, 2.05) is 0 Å². The van der Waals surface area contributed by atoms with Gasteiger partial charge in [-0.25, -0.2) is 39.7 Å². The Morgan fingerprint density at radius 1 is 0.467 bits per heavy atom. The highest BCUT2D eigenvalue weighted by Crippen LogP contribution is 2.38. The molecule has 0 fully saturated rings. The monoisotopic (exact) mass is 1020 g/mol. The molecule has 16 N–H and O–H groups in total. The number of aromatic carboxylic acids is 1. The molecule has 4 heterocycles. The van der Waals surface area contributed by atoms with E-state index in [0.29, 0.717) is 91.5 Å². The Kier molecular flexibility index (Phi) is 16.7. The maximum atomic E-state index is 12.2. The molecule has 23 nitrogen and oxygen atoms in total. The average molecular weight is 1030 g/mol. The molecule has 75 heavy (non-hydrogen) atoms. The van der Waals surface area contributed by atoms with Crippen LogP contribution in [0.5, 0.6) is 23.0 Å². The molecule has 23 heteroatoms. The van der Waals surface area contributed by atoms with E-state index in [9.17, 15) is 35.3 Å². The van der Waals surface area contributed by atoms with Crippen LogP contribution >= 0.6 is 0 Å². The molecule has 0 aliphatic rings. The van der Waals surface area contributed by atoms with Crippen LogP contribution in [0.1, 0.15) is 53.3 Å². The van der Waals surface area contributed by atoms with E-state index in [-0.39, 0.29) is 98.9 Å². The maximum Gasteiger partial charge on any atom is 0.354 e. The SMILES string of the molecule is [NH3+]CCCOc1cc(C(=O)O)nc2c(N=C(O)c3cc(OCCC[NH3+])c4cccc(N=C(O)c5cc(OCCC[NH3+])c6cccc(N=C(O)c7cc(OCCC[NH3+])c8cccc([N+](=O)[O-])c8n7)c6n5)c4n3)cccc12. The van der Waals surface area contributed by atoms with Crippen LogP contribution in [0, 0.1) is 10.1 Å². The molecule has 8 rings (SSSR count). The largest absolute Gasteiger partial charge is 0.493 e. The fourth-order valence-corrected chi connectivity index (χ4v) is 7.81. The molecule has 386 valence electrons. The first kappa shape index (κ1) is 52.2. The van der Waals surface area contributed by atoms with E-state index < -0.39 is 28.6 Å². The Morgan fingerprint density at radius 2 is 0.760 bits per heavy atom. The summed E-state index contributed by atoms with van der Waals surface area (Å²) in [5.41, 5.74) is 15.6. The number of fused-ring (bicyclic) bond motifs is 4. The van der Waals surface area contributed by atoms with Crippen LogP contribution in [0.2, 0.25) is 0 Å². The topological polar surface area (TPSA) is 377 Å². The number of ether oxygens (including phenoxy) is 4. The molecule has 0 saturated carbocycles. The molecule has 0 saturated heterocycles. The minimum atomic E-state index is -1.28.